The maximum absolute atomic E-state index is 10.7. The van der Waals surface area contributed by atoms with Crippen LogP contribution in [0.15, 0.2) is 0 Å². The molecule has 1 aliphatic rings. The second-order valence-electron chi connectivity index (χ2n) is 3.52. The van der Waals surface area contributed by atoms with E-state index in [1.165, 1.54) is 0 Å². The molecule has 0 aromatic heterocycles. The van der Waals surface area contributed by atoms with Crippen LogP contribution in [0.25, 0.3) is 0 Å². The minimum Gasteiger partial charge on any atom is -0.481 e. The van der Waals surface area contributed by atoms with Crippen LogP contribution in [0.5, 0.6) is 0 Å². The van der Waals surface area contributed by atoms with Crippen molar-refractivity contribution in [2.24, 2.45) is 5.92 Å². The molecule has 1 heterocycles. The fraction of sp³-hybridized carbons (Fsp3) is 0.889. The van der Waals surface area contributed by atoms with Crippen molar-refractivity contribution in [1.29, 1.82) is 0 Å². The first-order valence-corrected chi connectivity index (χ1v) is 5.87. The van der Waals surface area contributed by atoms with E-state index in [4.69, 9.17) is 5.11 Å². The van der Waals surface area contributed by atoms with Gasteiger partial charge in [0.05, 0.1) is 5.92 Å². The number of hydrogen-bond donors (Lipinski definition) is 1. The number of aliphatic carboxylic acids is 1. The summed E-state index contributed by atoms with van der Waals surface area (Å²) in [5.41, 5.74) is 0. The zero-order valence-electron chi connectivity index (χ0n) is 7.71. The quantitative estimate of drug-likeness (QED) is 0.770. The SMILES string of the molecule is O=C(O)C1CCCN(CCCBr)C1. The zero-order valence-corrected chi connectivity index (χ0v) is 9.29. The van der Waals surface area contributed by atoms with Gasteiger partial charge >= 0.3 is 5.97 Å². The molecule has 1 saturated heterocycles. The number of piperidine rings is 1. The molecule has 76 valence electrons. The lowest BCUT2D eigenvalue weighted by Crippen LogP contribution is -2.39. The molecule has 1 fully saturated rings. The van der Waals surface area contributed by atoms with Crippen LogP contribution in [0.3, 0.4) is 0 Å². The van der Waals surface area contributed by atoms with Crippen molar-refractivity contribution in [3.8, 4) is 0 Å². The average molecular weight is 250 g/mol. The normalized spacial score (nSPS) is 24.5. The molecule has 0 saturated carbocycles. The van der Waals surface area contributed by atoms with Crippen molar-refractivity contribution in [2.75, 3.05) is 25.0 Å². The van der Waals surface area contributed by atoms with E-state index in [0.29, 0.717) is 0 Å². The van der Waals surface area contributed by atoms with Crippen LogP contribution in [-0.4, -0.2) is 40.9 Å². The van der Waals surface area contributed by atoms with Crippen LogP contribution < -0.4 is 0 Å². The fourth-order valence-electron chi connectivity index (χ4n) is 1.74. The number of alkyl halides is 1. The van der Waals surface area contributed by atoms with Crippen LogP contribution in [0.2, 0.25) is 0 Å². The Balaban J connectivity index is 2.29. The summed E-state index contributed by atoms with van der Waals surface area (Å²) in [6.07, 6.45) is 2.98. The van der Waals surface area contributed by atoms with Crippen molar-refractivity contribution < 1.29 is 9.90 Å². The number of carboxylic acid groups (broad SMARTS) is 1. The summed E-state index contributed by atoms with van der Waals surface area (Å²) in [5.74, 6) is -0.771. The molecule has 0 aromatic carbocycles. The Labute approximate surface area is 87.2 Å². The van der Waals surface area contributed by atoms with Gasteiger partial charge in [0.1, 0.15) is 0 Å². The molecule has 0 aliphatic carbocycles. The number of carboxylic acids is 1. The van der Waals surface area contributed by atoms with Crippen LogP contribution in [0, 0.1) is 5.92 Å². The van der Waals surface area contributed by atoms with Gasteiger partial charge in [-0.1, -0.05) is 15.9 Å². The lowest BCUT2D eigenvalue weighted by molar-refractivity contribution is -0.143. The second kappa shape index (κ2) is 5.60. The highest BCUT2D eigenvalue weighted by atomic mass is 79.9. The minimum atomic E-state index is -0.636. The molecule has 3 nitrogen and oxygen atoms in total. The Bertz CT molecular complexity index is 175. The number of nitrogens with zero attached hydrogens (tertiary/aromatic N) is 1. The van der Waals surface area contributed by atoms with Crippen LogP contribution in [0.4, 0.5) is 0 Å². The topological polar surface area (TPSA) is 40.5 Å². The second-order valence-corrected chi connectivity index (χ2v) is 4.31. The van der Waals surface area contributed by atoms with E-state index < -0.39 is 5.97 Å². The van der Waals surface area contributed by atoms with E-state index in [-0.39, 0.29) is 5.92 Å². The average Bonchev–Trinajstić information content (AvgIpc) is 2.15. The Morgan fingerprint density at radius 2 is 2.38 bits per heavy atom. The number of halogens is 1. The molecule has 1 N–H and O–H groups in total. The summed E-state index contributed by atoms with van der Waals surface area (Å²) in [4.78, 5) is 13.0. The largest absolute Gasteiger partial charge is 0.481 e. The van der Waals surface area contributed by atoms with Crippen molar-refractivity contribution in [2.45, 2.75) is 19.3 Å². The van der Waals surface area contributed by atoms with Gasteiger partial charge in [-0.2, -0.15) is 0 Å². The fourth-order valence-corrected chi connectivity index (χ4v) is 1.99. The molecule has 13 heavy (non-hydrogen) atoms. The summed E-state index contributed by atoms with van der Waals surface area (Å²) in [6.45, 7) is 2.83. The van der Waals surface area contributed by atoms with Gasteiger partial charge in [-0.05, 0) is 32.4 Å². The van der Waals surface area contributed by atoms with Crippen molar-refractivity contribution >= 4 is 21.9 Å². The van der Waals surface area contributed by atoms with E-state index in [0.717, 1.165) is 44.2 Å². The molecular formula is C9H16BrNO2. The smallest absolute Gasteiger partial charge is 0.307 e. The van der Waals surface area contributed by atoms with Gasteiger partial charge in [0.15, 0.2) is 0 Å². The maximum atomic E-state index is 10.7. The molecule has 4 heteroatoms. The number of hydrogen-bond acceptors (Lipinski definition) is 2. The third-order valence-corrected chi connectivity index (χ3v) is 3.02. The Morgan fingerprint density at radius 1 is 1.62 bits per heavy atom. The first kappa shape index (κ1) is 11.0. The molecule has 0 aromatic rings. The summed E-state index contributed by atoms with van der Waals surface area (Å²) in [6, 6.07) is 0. The van der Waals surface area contributed by atoms with E-state index in [9.17, 15) is 4.79 Å². The monoisotopic (exact) mass is 249 g/mol. The molecular weight excluding hydrogens is 234 g/mol. The van der Waals surface area contributed by atoms with Gasteiger partial charge in [0.25, 0.3) is 0 Å². The van der Waals surface area contributed by atoms with E-state index in [1.54, 1.807) is 0 Å². The first-order valence-electron chi connectivity index (χ1n) is 4.75. The van der Waals surface area contributed by atoms with Gasteiger partial charge in [-0.25, -0.2) is 0 Å². The first-order chi connectivity index (χ1) is 6.24. The highest BCUT2D eigenvalue weighted by Gasteiger charge is 2.24. The molecule has 1 atom stereocenters. The summed E-state index contributed by atoms with van der Waals surface area (Å²) in [5, 5.41) is 9.85. The van der Waals surface area contributed by atoms with Crippen LogP contribution >= 0.6 is 15.9 Å². The summed E-state index contributed by atoms with van der Waals surface area (Å²) < 4.78 is 0. The van der Waals surface area contributed by atoms with E-state index in [1.807, 2.05) is 0 Å². The molecule has 0 amide bonds. The minimum absolute atomic E-state index is 0.135. The predicted molar refractivity (Wildman–Crippen MR) is 55.2 cm³/mol. The van der Waals surface area contributed by atoms with Gasteiger partial charge in [-0.15, -0.1) is 0 Å². The standard InChI is InChI=1S/C9H16BrNO2/c10-4-2-6-11-5-1-3-8(7-11)9(12)13/h8H,1-7H2,(H,12,13). The van der Waals surface area contributed by atoms with Crippen molar-refractivity contribution in [3.63, 3.8) is 0 Å². The Hall–Kier alpha value is -0.0900. The third-order valence-electron chi connectivity index (χ3n) is 2.46. The summed E-state index contributed by atoms with van der Waals surface area (Å²) in [7, 11) is 0. The molecule has 1 rings (SSSR count). The van der Waals surface area contributed by atoms with Gasteiger partial charge in [-0.3, -0.25) is 4.79 Å². The number of likely N-dealkylation sites (tertiary alicyclic amines) is 1. The van der Waals surface area contributed by atoms with Crippen molar-refractivity contribution in [1.82, 2.24) is 4.90 Å². The molecule has 0 bridgehead atoms. The van der Waals surface area contributed by atoms with Crippen molar-refractivity contribution in [3.05, 3.63) is 0 Å². The Morgan fingerprint density at radius 3 is 3.00 bits per heavy atom. The molecule has 1 aliphatic heterocycles. The van der Waals surface area contributed by atoms with Gasteiger partial charge in [0.2, 0.25) is 0 Å². The highest BCUT2D eigenvalue weighted by Crippen LogP contribution is 2.16. The lowest BCUT2D eigenvalue weighted by Gasteiger charge is -2.30. The number of rotatable bonds is 4. The molecule has 0 radical (unpaired) electrons. The molecule has 1 unspecified atom stereocenters. The van der Waals surface area contributed by atoms with Gasteiger partial charge in [0, 0.05) is 11.9 Å². The van der Waals surface area contributed by atoms with E-state index >= 15 is 0 Å². The highest BCUT2D eigenvalue weighted by molar-refractivity contribution is 9.09. The summed E-state index contributed by atoms with van der Waals surface area (Å²) >= 11 is 3.38. The maximum Gasteiger partial charge on any atom is 0.307 e. The molecule has 0 spiro atoms. The lowest BCUT2D eigenvalue weighted by atomic mass is 9.98. The third kappa shape index (κ3) is 3.65. The predicted octanol–water partition coefficient (Wildman–Crippen LogP) is 1.57. The van der Waals surface area contributed by atoms with E-state index in [2.05, 4.69) is 20.8 Å². The van der Waals surface area contributed by atoms with Crippen LogP contribution in [-0.2, 0) is 4.79 Å². The Kier molecular flexibility index (Phi) is 4.73. The zero-order chi connectivity index (χ0) is 9.68. The van der Waals surface area contributed by atoms with Crippen LogP contribution in [0.1, 0.15) is 19.3 Å². The van der Waals surface area contributed by atoms with Gasteiger partial charge < -0.3 is 10.0 Å². The number of carbonyl (C=O) groups is 1.